The van der Waals surface area contributed by atoms with Crippen molar-refractivity contribution >= 4 is 12.1 Å². The minimum Gasteiger partial charge on any atom is -0.481 e. The number of hydrogen-bond acceptors (Lipinski definition) is 4. The Balaban J connectivity index is 2.36. The van der Waals surface area contributed by atoms with Gasteiger partial charge in [0.2, 0.25) is 11.7 Å². The molecule has 2 aromatic heterocycles. The number of aldehydes is 1. The van der Waals surface area contributed by atoms with Crippen LogP contribution < -0.4 is 4.74 Å². The van der Waals surface area contributed by atoms with Gasteiger partial charge in [0.05, 0.1) is 7.11 Å². The number of carbonyl (C=O) groups excluding carboxylic acids is 1. The number of fused-ring (bicyclic) bond motifs is 3. The second-order valence-corrected chi connectivity index (χ2v) is 3.85. The molecule has 0 spiro atoms. The van der Waals surface area contributed by atoms with Crippen molar-refractivity contribution in [3.8, 4) is 5.88 Å². The van der Waals surface area contributed by atoms with E-state index in [2.05, 4.69) is 9.97 Å². The molecule has 0 bridgehead atoms. The zero-order valence-electron chi connectivity index (χ0n) is 8.93. The van der Waals surface area contributed by atoms with Gasteiger partial charge in [0.15, 0.2) is 6.29 Å². The van der Waals surface area contributed by atoms with E-state index in [9.17, 15) is 4.79 Å². The van der Waals surface area contributed by atoms with Crippen LogP contribution in [0.3, 0.4) is 0 Å². The first kappa shape index (κ1) is 9.33. The number of aryl methyl sites for hydroxylation is 1. The Labute approximate surface area is 92.1 Å². The van der Waals surface area contributed by atoms with Crippen molar-refractivity contribution in [3.63, 3.8) is 0 Å². The van der Waals surface area contributed by atoms with Crippen molar-refractivity contribution in [3.05, 3.63) is 23.1 Å². The van der Waals surface area contributed by atoms with Crippen LogP contribution in [0.25, 0.3) is 5.78 Å². The van der Waals surface area contributed by atoms with Crippen molar-refractivity contribution in [1.82, 2.24) is 14.4 Å². The molecule has 1 aliphatic carbocycles. The number of ether oxygens (including phenoxy) is 1. The predicted octanol–water partition coefficient (Wildman–Crippen LogP) is 1.04. The fraction of sp³-hybridized carbons (Fsp3) is 0.364. The van der Waals surface area contributed by atoms with E-state index in [1.165, 1.54) is 5.69 Å². The molecule has 0 unspecified atom stereocenters. The van der Waals surface area contributed by atoms with E-state index < -0.39 is 0 Å². The molecule has 0 radical (unpaired) electrons. The van der Waals surface area contributed by atoms with Crippen LogP contribution in [0, 0.1) is 0 Å². The number of rotatable bonds is 2. The summed E-state index contributed by atoms with van der Waals surface area (Å²) in [7, 11) is 1.61. The monoisotopic (exact) mass is 217 g/mol. The number of nitrogens with zero attached hydrogens (tertiary/aromatic N) is 3. The molecule has 0 aromatic carbocycles. The number of carbonyl (C=O) groups is 1. The first-order chi connectivity index (χ1) is 7.83. The average Bonchev–Trinajstić information content (AvgIpc) is 2.92. The van der Waals surface area contributed by atoms with Crippen LogP contribution in [-0.2, 0) is 12.8 Å². The van der Waals surface area contributed by atoms with E-state index in [0.717, 1.165) is 31.1 Å². The standard InChI is InChI=1S/C11H11N3O2/c1-16-10-8-3-2-4-9(8)14-5-7(6-15)12-11(14)13-10/h5-6H,2-4H2,1H3. The molecule has 5 heteroatoms. The third-order valence-corrected chi connectivity index (χ3v) is 2.96. The molecule has 2 aromatic rings. The van der Waals surface area contributed by atoms with Crippen LogP contribution in [0.2, 0.25) is 0 Å². The molecule has 0 atom stereocenters. The molecule has 16 heavy (non-hydrogen) atoms. The highest BCUT2D eigenvalue weighted by Gasteiger charge is 2.21. The number of imidazole rings is 1. The highest BCUT2D eigenvalue weighted by atomic mass is 16.5. The summed E-state index contributed by atoms with van der Waals surface area (Å²) in [6.45, 7) is 0. The first-order valence-electron chi connectivity index (χ1n) is 5.23. The second-order valence-electron chi connectivity index (χ2n) is 3.85. The zero-order valence-corrected chi connectivity index (χ0v) is 8.93. The van der Waals surface area contributed by atoms with Crippen molar-refractivity contribution < 1.29 is 9.53 Å². The molecule has 5 nitrogen and oxygen atoms in total. The van der Waals surface area contributed by atoms with Gasteiger partial charge in [0.1, 0.15) is 5.69 Å². The Bertz CT molecular complexity index is 574. The number of hydrogen-bond donors (Lipinski definition) is 0. The summed E-state index contributed by atoms with van der Waals surface area (Å²) >= 11 is 0. The Morgan fingerprint density at radius 1 is 1.44 bits per heavy atom. The van der Waals surface area contributed by atoms with Crippen LogP contribution in [-0.4, -0.2) is 27.8 Å². The minimum absolute atomic E-state index is 0.412. The van der Waals surface area contributed by atoms with E-state index in [0.29, 0.717) is 17.4 Å². The van der Waals surface area contributed by atoms with Gasteiger partial charge in [-0.1, -0.05) is 0 Å². The summed E-state index contributed by atoms with van der Waals surface area (Å²) in [4.78, 5) is 19.1. The minimum atomic E-state index is 0.412. The van der Waals surface area contributed by atoms with Crippen LogP contribution in [0.15, 0.2) is 6.20 Å². The third-order valence-electron chi connectivity index (χ3n) is 2.96. The third kappa shape index (κ3) is 1.14. The topological polar surface area (TPSA) is 56.5 Å². The molecule has 1 aliphatic rings. The summed E-state index contributed by atoms with van der Waals surface area (Å²) in [5, 5.41) is 0. The van der Waals surface area contributed by atoms with Gasteiger partial charge in [-0.3, -0.25) is 9.20 Å². The van der Waals surface area contributed by atoms with Crippen LogP contribution in [0.1, 0.15) is 28.2 Å². The SMILES string of the molecule is COc1nc2nc(C=O)cn2c2c1CCC2. The summed E-state index contributed by atoms with van der Waals surface area (Å²) in [6, 6.07) is 0. The highest BCUT2D eigenvalue weighted by molar-refractivity contribution is 5.73. The maximum atomic E-state index is 10.7. The number of methoxy groups -OCH3 is 1. The van der Waals surface area contributed by atoms with E-state index in [-0.39, 0.29) is 0 Å². The Morgan fingerprint density at radius 3 is 3.06 bits per heavy atom. The fourth-order valence-corrected chi connectivity index (χ4v) is 2.27. The van der Waals surface area contributed by atoms with Crippen molar-refractivity contribution in [2.75, 3.05) is 7.11 Å². The molecule has 3 rings (SSSR count). The van der Waals surface area contributed by atoms with Gasteiger partial charge in [-0.25, -0.2) is 4.98 Å². The normalized spacial score (nSPS) is 14.1. The van der Waals surface area contributed by atoms with Crippen LogP contribution >= 0.6 is 0 Å². The maximum Gasteiger partial charge on any atom is 0.237 e. The van der Waals surface area contributed by atoms with Crippen molar-refractivity contribution in [2.45, 2.75) is 19.3 Å². The predicted molar refractivity (Wildman–Crippen MR) is 57.0 cm³/mol. The summed E-state index contributed by atoms with van der Waals surface area (Å²) in [5.74, 6) is 1.18. The van der Waals surface area contributed by atoms with Crippen LogP contribution in [0.5, 0.6) is 5.88 Å². The van der Waals surface area contributed by atoms with E-state index in [1.54, 1.807) is 13.3 Å². The lowest BCUT2D eigenvalue weighted by atomic mass is 10.2. The molecular weight excluding hydrogens is 206 g/mol. The van der Waals surface area contributed by atoms with Gasteiger partial charge in [-0.2, -0.15) is 4.98 Å². The molecular formula is C11H11N3O2. The molecule has 82 valence electrons. The summed E-state index contributed by atoms with van der Waals surface area (Å²) in [6.07, 6.45) is 5.54. The van der Waals surface area contributed by atoms with E-state index >= 15 is 0 Å². The molecule has 2 heterocycles. The number of aromatic nitrogens is 3. The second kappa shape index (κ2) is 3.30. The van der Waals surface area contributed by atoms with E-state index in [1.807, 2.05) is 4.40 Å². The lowest BCUT2D eigenvalue weighted by molar-refractivity contribution is 0.111. The lowest BCUT2D eigenvalue weighted by Crippen LogP contribution is -2.01. The van der Waals surface area contributed by atoms with Gasteiger partial charge >= 0.3 is 0 Å². The van der Waals surface area contributed by atoms with Crippen molar-refractivity contribution in [1.29, 1.82) is 0 Å². The maximum absolute atomic E-state index is 10.7. The molecule has 0 aliphatic heterocycles. The van der Waals surface area contributed by atoms with Gasteiger partial charge in [0.25, 0.3) is 0 Å². The Hall–Kier alpha value is -1.91. The first-order valence-corrected chi connectivity index (χ1v) is 5.23. The molecule has 0 amide bonds. The van der Waals surface area contributed by atoms with Gasteiger partial charge < -0.3 is 4.74 Å². The molecule has 0 fully saturated rings. The quantitative estimate of drug-likeness (QED) is 0.705. The molecule has 0 saturated heterocycles. The van der Waals surface area contributed by atoms with Gasteiger partial charge in [-0.05, 0) is 19.3 Å². The largest absolute Gasteiger partial charge is 0.481 e. The van der Waals surface area contributed by atoms with Gasteiger partial charge in [-0.15, -0.1) is 0 Å². The summed E-state index contributed by atoms with van der Waals surface area (Å²) in [5.41, 5.74) is 2.72. The van der Waals surface area contributed by atoms with Gasteiger partial charge in [0, 0.05) is 17.5 Å². The Morgan fingerprint density at radius 2 is 2.31 bits per heavy atom. The molecule has 0 N–H and O–H groups in total. The van der Waals surface area contributed by atoms with Crippen molar-refractivity contribution in [2.24, 2.45) is 0 Å². The Kier molecular flexibility index (Phi) is 1.92. The smallest absolute Gasteiger partial charge is 0.237 e. The lowest BCUT2D eigenvalue weighted by Gasteiger charge is -2.07. The van der Waals surface area contributed by atoms with Crippen LogP contribution in [0.4, 0.5) is 0 Å². The highest BCUT2D eigenvalue weighted by Crippen LogP contribution is 2.29. The molecule has 0 saturated carbocycles. The fourth-order valence-electron chi connectivity index (χ4n) is 2.27. The van der Waals surface area contributed by atoms with E-state index in [4.69, 9.17) is 4.74 Å². The summed E-state index contributed by atoms with van der Waals surface area (Å²) < 4.78 is 7.15. The average molecular weight is 217 g/mol. The zero-order chi connectivity index (χ0) is 11.1.